The van der Waals surface area contributed by atoms with Crippen LogP contribution in [-0.4, -0.2) is 24.3 Å². The average molecular weight is 368 g/mol. The minimum Gasteiger partial charge on any atom is -0.270 e. The Morgan fingerprint density at radius 1 is 1.19 bits per heavy atom. The molecule has 0 radical (unpaired) electrons. The predicted molar refractivity (Wildman–Crippen MR) is 97.4 cm³/mol. The predicted octanol–water partition coefficient (Wildman–Crippen LogP) is 3.14. The standard InChI is InChI=1S/C19H18ClN5O/c20-14-3-1-2-12(8-14)13-9-15(10-13)25-19(26)24-17(4-5-18(24)23-25)16-11-21-6-7-22-16/h1-3,6-8,11,13,15,17H,4-5,9-10H2/t13?,15?,17-/m0/s1. The maximum Gasteiger partial charge on any atom is 0.346 e. The van der Waals surface area contributed by atoms with E-state index in [1.54, 1.807) is 27.8 Å². The summed E-state index contributed by atoms with van der Waals surface area (Å²) in [6.07, 6.45) is 8.56. The molecule has 1 aromatic carbocycles. The Balaban J connectivity index is 1.39. The van der Waals surface area contributed by atoms with Crippen molar-refractivity contribution in [3.63, 3.8) is 0 Å². The number of rotatable bonds is 3. The fourth-order valence-electron chi connectivity index (χ4n) is 4.14. The number of nitrogens with zero attached hydrogens (tertiary/aromatic N) is 5. The van der Waals surface area contributed by atoms with Gasteiger partial charge in [-0.1, -0.05) is 23.7 Å². The molecule has 26 heavy (non-hydrogen) atoms. The van der Waals surface area contributed by atoms with Crippen LogP contribution in [0.3, 0.4) is 0 Å². The van der Waals surface area contributed by atoms with Crippen LogP contribution in [0.15, 0.2) is 47.7 Å². The molecule has 5 rings (SSSR count). The number of hydrogen-bond acceptors (Lipinski definition) is 4. The summed E-state index contributed by atoms with van der Waals surface area (Å²) >= 11 is 6.09. The van der Waals surface area contributed by atoms with Gasteiger partial charge in [-0.25, -0.2) is 9.48 Å². The molecular weight excluding hydrogens is 350 g/mol. The van der Waals surface area contributed by atoms with Crippen molar-refractivity contribution in [3.05, 3.63) is 75.4 Å². The van der Waals surface area contributed by atoms with Crippen LogP contribution in [0.25, 0.3) is 0 Å². The highest BCUT2D eigenvalue weighted by Crippen LogP contribution is 2.44. The smallest absolute Gasteiger partial charge is 0.270 e. The van der Waals surface area contributed by atoms with E-state index in [9.17, 15) is 4.79 Å². The summed E-state index contributed by atoms with van der Waals surface area (Å²) < 4.78 is 3.48. The fourth-order valence-corrected chi connectivity index (χ4v) is 4.33. The zero-order valence-corrected chi connectivity index (χ0v) is 14.9. The van der Waals surface area contributed by atoms with E-state index >= 15 is 0 Å². The maximum atomic E-state index is 13.0. The van der Waals surface area contributed by atoms with Crippen molar-refractivity contribution < 1.29 is 0 Å². The lowest BCUT2D eigenvalue weighted by molar-refractivity contribution is 0.236. The van der Waals surface area contributed by atoms with Gasteiger partial charge in [0, 0.05) is 23.8 Å². The van der Waals surface area contributed by atoms with Gasteiger partial charge in [-0.3, -0.25) is 14.5 Å². The van der Waals surface area contributed by atoms with E-state index in [1.165, 1.54) is 5.56 Å². The summed E-state index contributed by atoms with van der Waals surface area (Å²) in [7, 11) is 0. The largest absolute Gasteiger partial charge is 0.346 e. The highest BCUT2D eigenvalue weighted by Gasteiger charge is 2.37. The fraction of sp³-hybridized carbons (Fsp3) is 0.368. The van der Waals surface area contributed by atoms with Gasteiger partial charge in [0.05, 0.1) is 24.0 Å². The van der Waals surface area contributed by atoms with E-state index in [1.807, 2.05) is 18.2 Å². The quantitative estimate of drug-likeness (QED) is 0.713. The van der Waals surface area contributed by atoms with E-state index in [0.29, 0.717) is 5.92 Å². The second-order valence-electron chi connectivity index (χ2n) is 7.08. The van der Waals surface area contributed by atoms with Gasteiger partial charge >= 0.3 is 5.69 Å². The zero-order chi connectivity index (χ0) is 17.7. The second-order valence-corrected chi connectivity index (χ2v) is 7.51. The summed E-state index contributed by atoms with van der Waals surface area (Å²) in [4.78, 5) is 21.5. The molecule has 2 aliphatic rings. The van der Waals surface area contributed by atoms with Gasteiger partial charge in [0.2, 0.25) is 0 Å². The van der Waals surface area contributed by atoms with Crippen molar-refractivity contribution >= 4 is 11.6 Å². The molecule has 1 atom stereocenters. The Kier molecular flexibility index (Phi) is 3.67. The van der Waals surface area contributed by atoms with Crippen molar-refractivity contribution in [1.29, 1.82) is 0 Å². The van der Waals surface area contributed by atoms with Crippen molar-refractivity contribution in [3.8, 4) is 0 Å². The number of aryl methyl sites for hydroxylation is 1. The SMILES string of the molecule is O=c1n(C2CC(c3cccc(Cl)c3)C2)nc2n1[C@H](c1cnccn1)CC2. The normalized spacial score (nSPS) is 24.3. The Labute approximate surface area is 155 Å². The van der Waals surface area contributed by atoms with Crippen molar-refractivity contribution in [2.24, 2.45) is 0 Å². The molecule has 0 saturated heterocycles. The van der Waals surface area contributed by atoms with Crippen LogP contribution < -0.4 is 5.69 Å². The van der Waals surface area contributed by atoms with Crippen LogP contribution in [0.2, 0.25) is 5.02 Å². The number of benzene rings is 1. The molecule has 0 unspecified atom stereocenters. The first kappa shape index (κ1) is 15.8. The van der Waals surface area contributed by atoms with E-state index < -0.39 is 0 Å². The van der Waals surface area contributed by atoms with Gasteiger partial charge in [0.25, 0.3) is 0 Å². The molecule has 0 spiro atoms. The highest BCUT2D eigenvalue weighted by atomic mass is 35.5. The van der Waals surface area contributed by atoms with E-state index in [2.05, 4.69) is 21.1 Å². The van der Waals surface area contributed by atoms with Gasteiger partial charge in [-0.15, -0.1) is 0 Å². The van der Waals surface area contributed by atoms with Gasteiger partial charge in [-0.2, -0.15) is 5.10 Å². The number of hydrogen-bond donors (Lipinski definition) is 0. The average Bonchev–Trinajstić information content (AvgIpc) is 3.16. The van der Waals surface area contributed by atoms with Gasteiger partial charge in [-0.05, 0) is 42.9 Å². The molecule has 0 amide bonds. The second kappa shape index (κ2) is 6.06. The monoisotopic (exact) mass is 367 g/mol. The van der Waals surface area contributed by atoms with Crippen LogP contribution >= 0.6 is 11.6 Å². The molecule has 1 aliphatic carbocycles. The molecule has 1 fully saturated rings. The lowest BCUT2D eigenvalue weighted by Crippen LogP contribution is -2.35. The molecule has 2 aromatic heterocycles. The van der Waals surface area contributed by atoms with E-state index in [4.69, 9.17) is 11.6 Å². The highest BCUT2D eigenvalue weighted by molar-refractivity contribution is 6.30. The number of aromatic nitrogens is 5. The summed E-state index contributed by atoms with van der Waals surface area (Å²) in [5.74, 6) is 1.30. The lowest BCUT2D eigenvalue weighted by Gasteiger charge is -2.35. The molecule has 1 aliphatic heterocycles. The Hall–Kier alpha value is -2.47. The summed E-state index contributed by atoms with van der Waals surface area (Å²) in [6, 6.07) is 8.09. The number of halogens is 1. The Morgan fingerprint density at radius 3 is 2.85 bits per heavy atom. The first-order valence-corrected chi connectivity index (χ1v) is 9.30. The van der Waals surface area contributed by atoms with Crippen LogP contribution in [0.1, 0.15) is 54.3 Å². The van der Waals surface area contributed by atoms with E-state index in [-0.39, 0.29) is 17.8 Å². The third-order valence-electron chi connectivity index (χ3n) is 5.56. The minimum atomic E-state index is -0.0521. The van der Waals surface area contributed by atoms with Crippen molar-refractivity contribution in [2.45, 2.75) is 43.7 Å². The molecule has 0 N–H and O–H groups in total. The Bertz CT molecular complexity index is 1010. The summed E-state index contributed by atoms with van der Waals surface area (Å²) in [5.41, 5.74) is 2.05. The molecule has 132 valence electrons. The Morgan fingerprint density at radius 2 is 2.08 bits per heavy atom. The van der Waals surface area contributed by atoms with Crippen LogP contribution in [-0.2, 0) is 6.42 Å². The van der Waals surface area contributed by atoms with Crippen molar-refractivity contribution in [1.82, 2.24) is 24.3 Å². The maximum absolute atomic E-state index is 13.0. The first-order valence-electron chi connectivity index (χ1n) is 8.92. The number of fused-ring (bicyclic) bond motifs is 1. The summed E-state index contributed by atoms with van der Waals surface area (Å²) in [5, 5.41) is 5.39. The third kappa shape index (κ3) is 2.48. The molecule has 6 nitrogen and oxygen atoms in total. The molecule has 1 saturated carbocycles. The van der Waals surface area contributed by atoms with E-state index in [0.717, 1.165) is 42.2 Å². The lowest BCUT2D eigenvalue weighted by atomic mass is 9.76. The third-order valence-corrected chi connectivity index (χ3v) is 5.80. The summed E-state index contributed by atoms with van der Waals surface area (Å²) in [6.45, 7) is 0. The topological polar surface area (TPSA) is 65.6 Å². The first-order chi connectivity index (χ1) is 12.7. The minimum absolute atomic E-state index is 0.0253. The van der Waals surface area contributed by atoms with Gasteiger partial charge in [0.1, 0.15) is 5.82 Å². The van der Waals surface area contributed by atoms with Crippen LogP contribution in [0, 0.1) is 0 Å². The molecular formula is C19H18ClN5O. The van der Waals surface area contributed by atoms with Crippen LogP contribution in [0.5, 0.6) is 0 Å². The zero-order valence-electron chi connectivity index (χ0n) is 14.1. The molecule has 3 aromatic rings. The van der Waals surface area contributed by atoms with Crippen molar-refractivity contribution in [2.75, 3.05) is 0 Å². The molecule has 3 heterocycles. The molecule has 0 bridgehead atoms. The van der Waals surface area contributed by atoms with Crippen LogP contribution in [0.4, 0.5) is 0 Å². The van der Waals surface area contributed by atoms with Gasteiger partial charge < -0.3 is 0 Å². The van der Waals surface area contributed by atoms with Gasteiger partial charge in [0.15, 0.2) is 0 Å². The molecule has 7 heteroatoms.